The average molecular weight is 359 g/mol. The number of ether oxygens (including phenoxy) is 1. The third kappa shape index (κ3) is 3.22. The maximum Gasteiger partial charge on any atom is 0.297 e. The van der Waals surface area contributed by atoms with Gasteiger partial charge in [-0.3, -0.25) is 19.8 Å². The number of pyridine rings is 1. The second kappa shape index (κ2) is 6.36. The summed E-state index contributed by atoms with van der Waals surface area (Å²) in [5.74, 6) is 0.251. The van der Waals surface area contributed by atoms with Gasteiger partial charge in [0.05, 0.1) is 23.6 Å². The topological polar surface area (TPSA) is 111 Å². The van der Waals surface area contributed by atoms with Gasteiger partial charge in [-0.1, -0.05) is 18.2 Å². The van der Waals surface area contributed by atoms with Gasteiger partial charge in [0.2, 0.25) is 0 Å². The Kier molecular flexibility index (Phi) is 4.24. The van der Waals surface area contributed by atoms with Crippen LogP contribution in [0.3, 0.4) is 0 Å². The number of benzene rings is 2. The molecule has 0 aliphatic rings. The molecule has 0 amide bonds. The fourth-order valence-corrected chi connectivity index (χ4v) is 3.62. The lowest BCUT2D eigenvalue weighted by atomic mass is 10.2. The molecule has 3 aromatic rings. The first-order chi connectivity index (χ1) is 11.9. The van der Waals surface area contributed by atoms with E-state index in [0.717, 1.165) is 6.07 Å². The molecule has 0 aliphatic carbocycles. The fourth-order valence-electron chi connectivity index (χ4n) is 2.37. The zero-order valence-corrected chi connectivity index (χ0v) is 13.9. The van der Waals surface area contributed by atoms with Crippen LogP contribution < -0.4 is 9.46 Å². The second-order valence-electron chi connectivity index (χ2n) is 5.08. The van der Waals surface area contributed by atoms with Crippen molar-refractivity contribution in [3.63, 3.8) is 0 Å². The number of nitrogens with one attached hydrogen (secondary N) is 1. The van der Waals surface area contributed by atoms with Crippen molar-refractivity contribution in [1.29, 1.82) is 0 Å². The minimum atomic E-state index is -4.07. The summed E-state index contributed by atoms with van der Waals surface area (Å²) in [6.07, 6.45) is 1.48. The predicted molar refractivity (Wildman–Crippen MR) is 92.2 cm³/mol. The van der Waals surface area contributed by atoms with Gasteiger partial charge >= 0.3 is 0 Å². The van der Waals surface area contributed by atoms with Gasteiger partial charge in [0.15, 0.2) is 0 Å². The number of rotatable bonds is 5. The molecular weight excluding hydrogens is 346 g/mol. The van der Waals surface area contributed by atoms with E-state index < -0.39 is 20.6 Å². The molecule has 8 nitrogen and oxygen atoms in total. The smallest absolute Gasteiger partial charge is 0.297 e. The van der Waals surface area contributed by atoms with Crippen LogP contribution in [0.5, 0.6) is 5.75 Å². The Labute approximate surface area is 143 Å². The van der Waals surface area contributed by atoms with Crippen molar-refractivity contribution in [2.24, 2.45) is 0 Å². The van der Waals surface area contributed by atoms with Crippen LogP contribution >= 0.6 is 0 Å². The van der Waals surface area contributed by atoms with Gasteiger partial charge in [0.25, 0.3) is 15.7 Å². The third-order valence-corrected chi connectivity index (χ3v) is 4.93. The number of nitrogens with zero attached hydrogens (tertiary/aromatic N) is 2. The summed E-state index contributed by atoms with van der Waals surface area (Å²) < 4.78 is 32.7. The van der Waals surface area contributed by atoms with Gasteiger partial charge in [-0.2, -0.15) is 0 Å². The summed E-state index contributed by atoms with van der Waals surface area (Å²) in [5.41, 5.74) is -0.275. The summed E-state index contributed by atoms with van der Waals surface area (Å²) in [4.78, 5) is 14.6. The highest BCUT2D eigenvalue weighted by Crippen LogP contribution is 2.31. The largest absolute Gasteiger partial charge is 0.496 e. The zero-order valence-electron chi connectivity index (χ0n) is 13.0. The van der Waals surface area contributed by atoms with Gasteiger partial charge in [0.1, 0.15) is 16.3 Å². The van der Waals surface area contributed by atoms with Crippen molar-refractivity contribution in [1.82, 2.24) is 4.98 Å². The van der Waals surface area contributed by atoms with E-state index in [9.17, 15) is 18.5 Å². The SMILES string of the molecule is COc1ccc(NS(=O)(=O)c2cccc3cccnc23)c([N+](=O)[O-])c1. The number of para-hydroxylation sites is 1. The Morgan fingerprint density at radius 3 is 2.64 bits per heavy atom. The molecule has 0 saturated carbocycles. The van der Waals surface area contributed by atoms with E-state index in [1.165, 1.54) is 31.5 Å². The maximum atomic E-state index is 12.7. The van der Waals surface area contributed by atoms with Gasteiger partial charge in [-0.25, -0.2) is 8.42 Å². The number of hydrogen-bond acceptors (Lipinski definition) is 6. The molecule has 2 aromatic carbocycles. The van der Waals surface area contributed by atoms with Gasteiger partial charge in [-0.15, -0.1) is 0 Å². The molecule has 0 unspecified atom stereocenters. The lowest BCUT2D eigenvalue weighted by molar-refractivity contribution is -0.384. The number of fused-ring (bicyclic) bond motifs is 1. The van der Waals surface area contributed by atoms with E-state index in [1.807, 2.05) is 0 Å². The number of sulfonamides is 1. The molecule has 0 atom stereocenters. The van der Waals surface area contributed by atoms with E-state index in [0.29, 0.717) is 5.39 Å². The predicted octanol–water partition coefficient (Wildman–Crippen LogP) is 2.95. The van der Waals surface area contributed by atoms with Crippen LogP contribution in [-0.2, 0) is 10.0 Å². The van der Waals surface area contributed by atoms with Crippen molar-refractivity contribution < 1.29 is 18.1 Å². The number of nitro groups is 1. The first kappa shape index (κ1) is 16.7. The van der Waals surface area contributed by atoms with E-state index in [-0.39, 0.29) is 21.8 Å². The number of anilines is 1. The Balaban J connectivity index is 2.09. The molecule has 0 saturated heterocycles. The first-order valence-corrected chi connectivity index (χ1v) is 8.60. The Morgan fingerprint density at radius 1 is 1.16 bits per heavy atom. The van der Waals surface area contributed by atoms with Crippen molar-refractivity contribution in [2.45, 2.75) is 4.90 Å². The van der Waals surface area contributed by atoms with E-state index in [2.05, 4.69) is 9.71 Å². The monoisotopic (exact) mass is 359 g/mol. The van der Waals surface area contributed by atoms with Crippen LogP contribution in [-0.4, -0.2) is 25.4 Å². The van der Waals surface area contributed by atoms with Crippen molar-refractivity contribution in [3.05, 3.63) is 64.8 Å². The molecule has 3 rings (SSSR count). The quantitative estimate of drug-likeness (QED) is 0.554. The summed E-state index contributed by atoms with van der Waals surface area (Å²) in [6, 6.07) is 12.0. The zero-order chi connectivity index (χ0) is 18.0. The van der Waals surface area contributed by atoms with Crippen LogP contribution in [0.15, 0.2) is 59.6 Å². The van der Waals surface area contributed by atoms with Crippen molar-refractivity contribution >= 4 is 32.3 Å². The second-order valence-corrected chi connectivity index (χ2v) is 6.73. The molecule has 0 spiro atoms. The molecule has 9 heteroatoms. The standard InChI is InChI=1S/C16H13N3O5S/c1-24-12-7-8-13(14(10-12)19(20)21)18-25(22,23)15-6-2-4-11-5-3-9-17-16(11)15/h2-10,18H,1H3. The van der Waals surface area contributed by atoms with Crippen molar-refractivity contribution in [3.8, 4) is 5.75 Å². The first-order valence-electron chi connectivity index (χ1n) is 7.11. The highest BCUT2D eigenvalue weighted by atomic mass is 32.2. The van der Waals surface area contributed by atoms with E-state index in [4.69, 9.17) is 4.74 Å². The molecule has 0 bridgehead atoms. The van der Waals surface area contributed by atoms with Gasteiger partial charge in [0, 0.05) is 11.6 Å². The molecule has 1 heterocycles. The minimum Gasteiger partial charge on any atom is -0.496 e. The van der Waals surface area contributed by atoms with Gasteiger partial charge < -0.3 is 4.74 Å². The van der Waals surface area contributed by atoms with Crippen LogP contribution in [0, 0.1) is 10.1 Å². The Morgan fingerprint density at radius 2 is 1.92 bits per heavy atom. The molecule has 1 N–H and O–H groups in total. The van der Waals surface area contributed by atoms with Crippen LogP contribution in [0.2, 0.25) is 0 Å². The lowest BCUT2D eigenvalue weighted by Gasteiger charge is -2.11. The van der Waals surface area contributed by atoms with Crippen LogP contribution in [0.4, 0.5) is 11.4 Å². The fraction of sp³-hybridized carbons (Fsp3) is 0.0625. The Hall–Kier alpha value is -3.20. The van der Waals surface area contributed by atoms with Crippen molar-refractivity contribution in [2.75, 3.05) is 11.8 Å². The normalized spacial score (nSPS) is 11.2. The average Bonchev–Trinajstić information content (AvgIpc) is 2.61. The molecule has 1 aromatic heterocycles. The highest BCUT2D eigenvalue weighted by Gasteiger charge is 2.23. The molecule has 128 valence electrons. The number of methoxy groups -OCH3 is 1. The van der Waals surface area contributed by atoms with E-state index >= 15 is 0 Å². The summed E-state index contributed by atoms with van der Waals surface area (Å²) >= 11 is 0. The van der Waals surface area contributed by atoms with Gasteiger partial charge in [-0.05, 0) is 24.3 Å². The molecule has 0 radical (unpaired) electrons. The summed E-state index contributed by atoms with van der Waals surface area (Å²) in [5, 5.41) is 11.9. The summed E-state index contributed by atoms with van der Waals surface area (Å²) in [7, 11) is -2.71. The minimum absolute atomic E-state index is 0.0595. The number of nitro benzene ring substituents is 1. The van der Waals surface area contributed by atoms with Crippen LogP contribution in [0.1, 0.15) is 0 Å². The summed E-state index contributed by atoms with van der Waals surface area (Å²) in [6.45, 7) is 0. The lowest BCUT2D eigenvalue weighted by Crippen LogP contribution is -2.15. The van der Waals surface area contributed by atoms with E-state index in [1.54, 1.807) is 24.3 Å². The molecule has 0 fully saturated rings. The molecular formula is C16H13N3O5S. The molecule has 25 heavy (non-hydrogen) atoms. The Bertz CT molecular complexity index is 1060. The highest BCUT2D eigenvalue weighted by molar-refractivity contribution is 7.93. The maximum absolute atomic E-state index is 12.7. The number of aromatic nitrogens is 1. The van der Waals surface area contributed by atoms with Crippen LogP contribution in [0.25, 0.3) is 10.9 Å². The third-order valence-electron chi connectivity index (χ3n) is 3.53. The number of hydrogen-bond donors (Lipinski definition) is 1. The molecule has 0 aliphatic heterocycles.